The molecule has 7 nitrogen and oxygen atoms in total. The van der Waals surface area contributed by atoms with Crippen LogP contribution in [0.2, 0.25) is 0 Å². The Morgan fingerprint density at radius 2 is 1.92 bits per heavy atom. The van der Waals surface area contributed by atoms with E-state index in [4.69, 9.17) is 10.5 Å². The van der Waals surface area contributed by atoms with Gasteiger partial charge < -0.3 is 18.8 Å². The number of amides is 1. The Balaban J connectivity index is 0. The van der Waals surface area contributed by atoms with E-state index in [-0.39, 0.29) is 0 Å². The topological polar surface area (TPSA) is 118 Å². The lowest BCUT2D eigenvalue weighted by atomic mass is 10.9. The summed E-state index contributed by atoms with van der Waals surface area (Å²) in [6.45, 7) is 2.06. The molecule has 0 saturated heterocycles. The quantitative estimate of drug-likeness (QED) is 0.408. The summed E-state index contributed by atoms with van der Waals surface area (Å²) in [6, 6.07) is 0. The highest BCUT2D eigenvalue weighted by Crippen LogP contribution is 1.98. The van der Waals surface area contributed by atoms with E-state index in [0.29, 0.717) is 18.9 Å². The van der Waals surface area contributed by atoms with Crippen LogP contribution in [0.4, 0.5) is 4.79 Å². The maximum Gasteiger partial charge on any atom is 0.404 e. The van der Waals surface area contributed by atoms with E-state index in [0.717, 1.165) is 0 Å². The maximum absolute atomic E-state index is 9.60. The van der Waals surface area contributed by atoms with Crippen LogP contribution in [0.25, 0.3) is 0 Å². The lowest BCUT2D eigenvalue weighted by Gasteiger charge is -1.89. The highest BCUT2D eigenvalue weighted by molar-refractivity contribution is 7.90. The zero-order valence-electron chi connectivity index (χ0n) is 6.72. The molecule has 0 aliphatic carbocycles. The molecule has 0 radical (unpaired) electrons. The second kappa shape index (κ2) is 12.8. The zero-order chi connectivity index (χ0) is 10.5. The molecule has 0 aromatic rings. The molecule has 0 saturated carbocycles. The number of primary amides is 1. The minimum Gasteiger partial charge on any atom is -0.450 e. The molecule has 2 N–H and O–H groups in total. The summed E-state index contributed by atoms with van der Waals surface area (Å²) in [5.74, 6) is 0. The molecule has 13 heavy (non-hydrogen) atoms. The van der Waals surface area contributed by atoms with E-state index < -0.39 is 6.09 Å². The van der Waals surface area contributed by atoms with Crippen molar-refractivity contribution >= 4 is 18.4 Å². The van der Waals surface area contributed by atoms with Gasteiger partial charge in [0.15, 0.2) is 0 Å². The summed E-state index contributed by atoms with van der Waals surface area (Å²) in [4.78, 5) is 9.60. The van der Waals surface area contributed by atoms with E-state index in [1.807, 2.05) is 0 Å². The van der Waals surface area contributed by atoms with Crippen molar-refractivity contribution in [2.24, 2.45) is 5.73 Å². The van der Waals surface area contributed by atoms with Gasteiger partial charge in [-0.05, 0) is 6.92 Å². The van der Waals surface area contributed by atoms with Crippen LogP contribution < -0.4 is 5.73 Å². The smallest absolute Gasteiger partial charge is 0.404 e. The van der Waals surface area contributed by atoms with Gasteiger partial charge in [0.05, 0.1) is 6.61 Å². The van der Waals surface area contributed by atoms with Gasteiger partial charge in [-0.1, -0.05) is 0 Å². The third kappa shape index (κ3) is 25.4. The van der Waals surface area contributed by atoms with Gasteiger partial charge in [-0.2, -0.15) is 0 Å². The molecule has 0 spiro atoms. The highest BCUT2D eigenvalue weighted by atomic mass is 32.2. The van der Waals surface area contributed by atoms with Gasteiger partial charge in [-0.25, -0.2) is 4.79 Å². The summed E-state index contributed by atoms with van der Waals surface area (Å²) < 4.78 is 11.9. The summed E-state index contributed by atoms with van der Waals surface area (Å²) >= 11 is 0.331. The molecule has 0 bridgehead atoms. The van der Waals surface area contributed by atoms with Gasteiger partial charge in [0.2, 0.25) is 0 Å². The Morgan fingerprint density at radius 3 is 2.08 bits per heavy atom. The van der Waals surface area contributed by atoms with Gasteiger partial charge in [0, 0.05) is 0 Å². The van der Waals surface area contributed by atoms with Crippen LogP contribution in [0.15, 0.2) is 0 Å². The number of ether oxygens (including phenoxy) is 1. The molecule has 0 aliphatic heterocycles. The molecule has 0 aromatic heterocycles. The van der Waals surface area contributed by atoms with Crippen LogP contribution in [0, 0.1) is 23.0 Å². The summed E-state index contributed by atoms with van der Waals surface area (Å²) in [7, 11) is 0. The van der Waals surface area contributed by atoms with E-state index in [1.54, 1.807) is 6.92 Å². The molecule has 8 heteroatoms. The Labute approximate surface area is 79.4 Å². The standard InChI is InChI=1S/C3H7NO2.C2N2O2S/c1-2-6-3(4)5;3-1-5-7-6-2-4/h2H2,1H3,(H2,4,5);. The average molecular weight is 205 g/mol. The van der Waals surface area contributed by atoms with Gasteiger partial charge in [-0.3, -0.25) is 0 Å². The fraction of sp³-hybridized carbons (Fsp3) is 0.400. The molecular formula is C5H7N3O4S. The molecule has 0 atom stereocenters. The fourth-order valence-corrected chi connectivity index (χ4v) is 0.285. The molecule has 0 heterocycles. The third-order valence-electron chi connectivity index (χ3n) is 0.429. The predicted octanol–water partition coefficient (Wildman–Crippen LogP) is 0.647. The summed E-state index contributed by atoms with van der Waals surface area (Å²) in [5.41, 5.74) is 4.54. The van der Waals surface area contributed by atoms with E-state index >= 15 is 0 Å². The first kappa shape index (κ1) is 13.8. The number of carbonyl (C=O) groups is 1. The van der Waals surface area contributed by atoms with Crippen LogP contribution >= 0.6 is 12.3 Å². The van der Waals surface area contributed by atoms with Crippen LogP contribution in [-0.4, -0.2) is 12.7 Å². The van der Waals surface area contributed by atoms with Crippen LogP contribution in [0.5, 0.6) is 0 Å². The third-order valence-corrected chi connectivity index (χ3v) is 0.714. The number of hydrogen-bond acceptors (Lipinski definition) is 7. The predicted molar refractivity (Wildman–Crippen MR) is 42.2 cm³/mol. The normalized spacial score (nSPS) is 6.38. The van der Waals surface area contributed by atoms with Crippen molar-refractivity contribution in [2.75, 3.05) is 6.61 Å². The first-order valence-electron chi connectivity index (χ1n) is 2.88. The average Bonchev–Trinajstić information content (AvgIpc) is 2.06. The van der Waals surface area contributed by atoms with Crippen molar-refractivity contribution < 1.29 is 17.9 Å². The minimum absolute atomic E-state index is 0.331. The largest absolute Gasteiger partial charge is 0.450 e. The molecule has 0 aromatic carbocycles. The van der Waals surface area contributed by atoms with Gasteiger partial charge >= 0.3 is 30.9 Å². The van der Waals surface area contributed by atoms with Crippen molar-refractivity contribution in [3.05, 3.63) is 0 Å². The lowest BCUT2D eigenvalue weighted by Crippen LogP contribution is -2.11. The molecule has 1 amide bonds. The second-order valence-electron chi connectivity index (χ2n) is 1.17. The number of carbonyl (C=O) groups excluding carboxylic acids is 1. The molecule has 0 fully saturated rings. The number of nitrogens with two attached hydrogens (primary N) is 1. The summed E-state index contributed by atoms with van der Waals surface area (Å²) in [6.07, 6.45) is 1.87. The fourth-order valence-electron chi connectivity index (χ4n) is 0.190. The Bertz CT molecular complexity index is 195. The maximum atomic E-state index is 9.60. The Hall–Kier alpha value is -1.80. The SMILES string of the molecule is CCOC(N)=O.N#COSOC#N. The van der Waals surface area contributed by atoms with E-state index in [1.165, 1.54) is 12.5 Å². The Kier molecular flexibility index (Phi) is 13.6. The van der Waals surface area contributed by atoms with E-state index in [9.17, 15) is 4.79 Å². The van der Waals surface area contributed by atoms with Crippen LogP contribution in [0.1, 0.15) is 6.92 Å². The van der Waals surface area contributed by atoms with Crippen LogP contribution in [0.3, 0.4) is 0 Å². The Morgan fingerprint density at radius 1 is 1.46 bits per heavy atom. The summed E-state index contributed by atoms with van der Waals surface area (Å²) in [5, 5.41) is 15.2. The number of nitrogens with zero attached hydrogens (tertiary/aromatic N) is 2. The first-order valence-corrected chi connectivity index (χ1v) is 3.55. The number of hydrogen-bond donors (Lipinski definition) is 1. The van der Waals surface area contributed by atoms with Gasteiger partial charge in [-0.15, -0.1) is 10.5 Å². The van der Waals surface area contributed by atoms with Crippen molar-refractivity contribution in [1.82, 2.24) is 0 Å². The lowest BCUT2D eigenvalue weighted by molar-refractivity contribution is 0.163. The highest BCUT2D eigenvalue weighted by Gasteiger charge is 1.82. The molecule has 0 rings (SSSR count). The van der Waals surface area contributed by atoms with Gasteiger partial charge in [0.25, 0.3) is 0 Å². The van der Waals surface area contributed by atoms with Crippen LogP contribution in [-0.2, 0) is 13.1 Å². The second-order valence-corrected chi connectivity index (χ2v) is 1.64. The van der Waals surface area contributed by atoms with Gasteiger partial charge in [0.1, 0.15) is 0 Å². The zero-order valence-corrected chi connectivity index (χ0v) is 7.54. The first-order chi connectivity index (χ1) is 6.18. The van der Waals surface area contributed by atoms with Crippen molar-refractivity contribution in [2.45, 2.75) is 6.92 Å². The van der Waals surface area contributed by atoms with E-state index in [2.05, 4.69) is 18.8 Å². The van der Waals surface area contributed by atoms with Crippen molar-refractivity contribution in [3.63, 3.8) is 0 Å². The minimum atomic E-state index is -0.711. The number of nitriles is 2. The molecule has 0 aliphatic rings. The molecular weight excluding hydrogens is 198 g/mol. The molecule has 72 valence electrons. The molecule has 0 unspecified atom stereocenters. The van der Waals surface area contributed by atoms with Crippen molar-refractivity contribution in [1.29, 1.82) is 10.5 Å². The van der Waals surface area contributed by atoms with Crippen molar-refractivity contribution in [3.8, 4) is 12.5 Å². The monoisotopic (exact) mass is 205 g/mol. The number of rotatable bonds is 3.